The van der Waals surface area contributed by atoms with E-state index in [1.807, 2.05) is 18.2 Å². The molecule has 0 aliphatic heterocycles. The second kappa shape index (κ2) is 7.78. The maximum absolute atomic E-state index is 9.20. The molecule has 1 aromatic carbocycles. The van der Waals surface area contributed by atoms with Gasteiger partial charge < -0.3 is 0 Å². The summed E-state index contributed by atoms with van der Waals surface area (Å²) in [7, 11) is 0. The summed E-state index contributed by atoms with van der Waals surface area (Å²) >= 11 is 5.91. The summed E-state index contributed by atoms with van der Waals surface area (Å²) in [4.78, 5) is 4.24. The first-order valence-corrected chi connectivity index (χ1v) is 7.05. The van der Waals surface area contributed by atoms with Gasteiger partial charge in [0.15, 0.2) is 0 Å². The second-order valence-corrected chi connectivity index (χ2v) is 6.38. The highest BCUT2D eigenvalue weighted by Gasteiger charge is 2.18. The lowest BCUT2D eigenvalue weighted by molar-refractivity contribution is 0.381. The maximum Gasteiger partial charge on any atom is 0.148 e. The number of nitrogens with zero attached hydrogens (tertiary/aromatic N) is 3. The van der Waals surface area contributed by atoms with Crippen LogP contribution in [0.15, 0.2) is 29.3 Å². The van der Waals surface area contributed by atoms with E-state index in [1.54, 1.807) is 12.1 Å². The largest absolute Gasteiger partial charge is 0.296 e. The van der Waals surface area contributed by atoms with E-state index in [1.165, 1.54) is 0 Å². The summed E-state index contributed by atoms with van der Waals surface area (Å²) in [6.45, 7) is 7.14. The molecular weight excluding hydrogens is 284 g/mol. The third-order valence-corrected chi connectivity index (χ3v) is 2.91. The molecule has 0 amide bonds. The Hall–Kier alpha value is -1.88. The molecule has 4 nitrogen and oxygen atoms in total. The van der Waals surface area contributed by atoms with Crippen molar-refractivity contribution in [2.75, 3.05) is 6.54 Å². The van der Waals surface area contributed by atoms with Gasteiger partial charge in [0, 0.05) is 11.6 Å². The molecule has 0 heterocycles. The highest BCUT2D eigenvalue weighted by Crippen LogP contribution is 2.12. The van der Waals surface area contributed by atoms with Gasteiger partial charge >= 0.3 is 0 Å². The van der Waals surface area contributed by atoms with Crippen LogP contribution in [0.3, 0.4) is 0 Å². The molecule has 0 aliphatic carbocycles. The predicted molar refractivity (Wildman–Crippen MR) is 85.1 cm³/mol. The van der Waals surface area contributed by atoms with Gasteiger partial charge in [-0.1, -0.05) is 44.5 Å². The van der Waals surface area contributed by atoms with E-state index in [-0.39, 0.29) is 11.1 Å². The Labute approximate surface area is 131 Å². The molecule has 0 bridgehead atoms. The summed E-state index contributed by atoms with van der Waals surface area (Å²) in [5.41, 5.74) is 1.13. The van der Waals surface area contributed by atoms with Gasteiger partial charge in [-0.15, -0.1) is 0 Å². The van der Waals surface area contributed by atoms with Crippen LogP contribution < -0.4 is 5.32 Å². The number of nitrogens with one attached hydrogen (secondary N) is 1. The summed E-state index contributed by atoms with van der Waals surface area (Å²) < 4.78 is 0. The number of hydrogen-bond donors (Lipinski definition) is 1. The molecule has 0 unspecified atom stereocenters. The number of hydrogen-bond acceptors (Lipinski definition) is 4. The first-order chi connectivity index (χ1) is 9.85. The van der Waals surface area contributed by atoms with Crippen LogP contribution in [-0.2, 0) is 6.54 Å². The van der Waals surface area contributed by atoms with Gasteiger partial charge in [0.1, 0.15) is 17.8 Å². The van der Waals surface area contributed by atoms with Crippen molar-refractivity contribution in [1.82, 2.24) is 5.32 Å². The van der Waals surface area contributed by atoms with Crippen molar-refractivity contribution in [2.24, 2.45) is 10.4 Å². The normalized spacial score (nSPS) is 13.3. The lowest BCUT2D eigenvalue weighted by atomic mass is 9.96. The van der Waals surface area contributed by atoms with Crippen molar-refractivity contribution in [2.45, 2.75) is 33.4 Å². The molecule has 0 saturated heterocycles. The quantitative estimate of drug-likeness (QED) is 0.848. The number of nitriles is 2. The van der Waals surface area contributed by atoms with Crippen LogP contribution in [0.1, 0.15) is 26.3 Å². The molecular formula is C16H19ClN4. The van der Waals surface area contributed by atoms with E-state index < -0.39 is 6.04 Å². The summed E-state index contributed by atoms with van der Waals surface area (Å²) in [6, 6.07) is 10.7. The second-order valence-electron chi connectivity index (χ2n) is 5.95. The summed E-state index contributed by atoms with van der Waals surface area (Å²) in [6.07, 6.45) is 0. The number of rotatable bonds is 5. The number of halogens is 1. The number of benzene rings is 1. The Balaban J connectivity index is 2.78. The molecule has 21 heavy (non-hydrogen) atoms. The smallest absolute Gasteiger partial charge is 0.148 e. The van der Waals surface area contributed by atoms with Crippen molar-refractivity contribution in [1.29, 1.82) is 10.5 Å². The van der Waals surface area contributed by atoms with Gasteiger partial charge in [0.25, 0.3) is 0 Å². The van der Waals surface area contributed by atoms with E-state index >= 15 is 0 Å². The molecule has 0 fully saturated rings. The molecule has 0 aromatic heterocycles. The third-order valence-electron chi connectivity index (χ3n) is 2.67. The van der Waals surface area contributed by atoms with Crippen molar-refractivity contribution < 1.29 is 0 Å². The van der Waals surface area contributed by atoms with E-state index in [0.29, 0.717) is 18.1 Å². The lowest BCUT2D eigenvalue weighted by Crippen LogP contribution is -2.39. The van der Waals surface area contributed by atoms with Crippen LogP contribution in [0, 0.1) is 28.1 Å². The molecule has 1 rings (SSSR count). The zero-order valence-corrected chi connectivity index (χ0v) is 13.3. The Kier molecular flexibility index (Phi) is 6.37. The maximum atomic E-state index is 9.20. The van der Waals surface area contributed by atoms with Crippen molar-refractivity contribution >= 4 is 17.3 Å². The Morgan fingerprint density at radius 3 is 2.62 bits per heavy atom. The lowest BCUT2D eigenvalue weighted by Gasteiger charge is -2.20. The number of aliphatic imine (C=N–C) groups is 1. The SMILES string of the molecule is CC(C)(C)CN[C@@H](C#N)C(C#N)=NCc1cccc(Cl)c1. The molecule has 1 N–H and O–H groups in total. The molecule has 1 aromatic rings. The highest BCUT2D eigenvalue weighted by molar-refractivity contribution is 6.30. The van der Waals surface area contributed by atoms with Gasteiger partial charge in [-0.05, 0) is 23.1 Å². The van der Waals surface area contributed by atoms with E-state index in [2.05, 4.69) is 37.1 Å². The minimum atomic E-state index is -0.687. The van der Waals surface area contributed by atoms with Crippen LogP contribution in [0.2, 0.25) is 5.02 Å². The van der Waals surface area contributed by atoms with Crippen molar-refractivity contribution in [3.63, 3.8) is 0 Å². The standard InChI is InChI=1S/C16H19ClN4/c1-16(2,3)11-21-15(9-19)14(8-18)20-10-12-5-4-6-13(17)7-12/h4-7,15,21H,10-11H2,1-3H3/t15-/m0/s1. The van der Waals surface area contributed by atoms with Crippen molar-refractivity contribution in [3.8, 4) is 12.1 Å². The topological polar surface area (TPSA) is 72.0 Å². The van der Waals surface area contributed by atoms with Crippen LogP contribution in [-0.4, -0.2) is 18.3 Å². The van der Waals surface area contributed by atoms with Crippen LogP contribution in [0.4, 0.5) is 0 Å². The van der Waals surface area contributed by atoms with E-state index in [4.69, 9.17) is 11.6 Å². The zero-order valence-electron chi connectivity index (χ0n) is 12.5. The fourth-order valence-electron chi connectivity index (χ4n) is 1.61. The highest BCUT2D eigenvalue weighted by atomic mass is 35.5. The molecule has 5 heteroatoms. The van der Waals surface area contributed by atoms with Gasteiger partial charge in [-0.25, -0.2) is 0 Å². The Morgan fingerprint density at radius 2 is 2.10 bits per heavy atom. The van der Waals surface area contributed by atoms with Gasteiger partial charge in [-0.2, -0.15) is 10.5 Å². The molecule has 0 aliphatic rings. The van der Waals surface area contributed by atoms with Gasteiger partial charge in [0.05, 0.1) is 12.6 Å². The Morgan fingerprint density at radius 1 is 1.38 bits per heavy atom. The first-order valence-electron chi connectivity index (χ1n) is 6.67. The zero-order chi connectivity index (χ0) is 15.9. The molecule has 110 valence electrons. The fraction of sp³-hybridized carbons (Fsp3) is 0.438. The summed E-state index contributed by atoms with van der Waals surface area (Å²) in [5, 5.41) is 22.1. The summed E-state index contributed by atoms with van der Waals surface area (Å²) in [5.74, 6) is 0. The molecule has 0 spiro atoms. The average molecular weight is 303 g/mol. The first kappa shape index (κ1) is 17.2. The monoisotopic (exact) mass is 302 g/mol. The van der Waals surface area contributed by atoms with Gasteiger partial charge in [0.2, 0.25) is 0 Å². The van der Waals surface area contributed by atoms with Crippen LogP contribution in [0.25, 0.3) is 0 Å². The predicted octanol–water partition coefficient (Wildman–Crippen LogP) is 3.33. The fourth-order valence-corrected chi connectivity index (χ4v) is 1.83. The molecule has 1 atom stereocenters. The average Bonchev–Trinajstić information content (AvgIpc) is 2.41. The van der Waals surface area contributed by atoms with E-state index in [0.717, 1.165) is 5.56 Å². The minimum absolute atomic E-state index is 0.0304. The van der Waals surface area contributed by atoms with Crippen LogP contribution >= 0.6 is 11.6 Å². The van der Waals surface area contributed by atoms with Gasteiger partial charge in [-0.3, -0.25) is 10.3 Å². The molecule has 0 radical (unpaired) electrons. The third kappa shape index (κ3) is 6.40. The Bertz CT molecular complexity index is 588. The molecule has 0 saturated carbocycles. The van der Waals surface area contributed by atoms with Crippen molar-refractivity contribution in [3.05, 3.63) is 34.9 Å². The van der Waals surface area contributed by atoms with E-state index in [9.17, 15) is 10.5 Å². The minimum Gasteiger partial charge on any atom is -0.296 e. The van der Waals surface area contributed by atoms with Crippen LogP contribution in [0.5, 0.6) is 0 Å².